The van der Waals surface area contributed by atoms with Crippen LogP contribution < -0.4 is 0 Å². The molecule has 120 valence electrons. The second-order valence-corrected chi connectivity index (χ2v) is 7.30. The number of halogens is 1. The van der Waals surface area contributed by atoms with Crippen molar-refractivity contribution in [3.63, 3.8) is 0 Å². The highest BCUT2D eigenvalue weighted by Crippen LogP contribution is 2.51. The molecule has 4 heteroatoms. The largest absolute Gasteiger partial charge is 0.481 e. The van der Waals surface area contributed by atoms with Gasteiger partial charge >= 0.3 is 5.97 Å². The fraction of sp³-hybridized carbons (Fsp3) is 0.611. The minimum Gasteiger partial charge on any atom is -0.481 e. The van der Waals surface area contributed by atoms with E-state index in [2.05, 4.69) is 0 Å². The van der Waals surface area contributed by atoms with Crippen LogP contribution in [0.15, 0.2) is 24.3 Å². The fourth-order valence-corrected chi connectivity index (χ4v) is 4.93. The molecule has 22 heavy (non-hydrogen) atoms. The van der Waals surface area contributed by atoms with Gasteiger partial charge in [0.2, 0.25) is 0 Å². The van der Waals surface area contributed by atoms with Crippen LogP contribution in [0.2, 0.25) is 5.02 Å². The molecule has 1 aromatic carbocycles. The Morgan fingerprint density at radius 3 is 2.68 bits per heavy atom. The molecule has 3 nitrogen and oxygen atoms in total. The van der Waals surface area contributed by atoms with Gasteiger partial charge < -0.3 is 10.2 Å². The van der Waals surface area contributed by atoms with Crippen molar-refractivity contribution < 1.29 is 15.0 Å². The maximum Gasteiger partial charge on any atom is 0.313 e. The number of carboxylic acids is 1. The van der Waals surface area contributed by atoms with Gasteiger partial charge in [-0.15, -0.1) is 0 Å². The zero-order valence-electron chi connectivity index (χ0n) is 12.7. The molecule has 0 amide bonds. The molecular weight excluding hydrogens is 300 g/mol. The van der Waals surface area contributed by atoms with Gasteiger partial charge in [0.1, 0.15) is 5.92 Å². The van der Waals surface area contributed by atoms with E-state index in [-0.39, 0.29) is 5.92 Å². The highest BCUT2D eigenvalue weighted by Gasteiger charge is 2.52. The number of hydrogen-bond donors (Lipinski definition) is 2. The summed E-state index contributed by atoms with van der Waals surface area (Å²) in [7, 11) is 0. The van der Waals surface area contributed by atoms with Crippen molar-refractivity contribution in [1.29, 1.82) is 0 Å². The number of carbonyl (C=O) groups is 1. The van der Waals surface area contributed by atoms with Crippen molar-refractivity contribution in [2.45, 2.75) is 56.5 Å². The Bertz CT molecular complexity index is 557. The van der Waals surface area contributed by atoms with Crippen LogP contribution in [0.1, 0.15) is 56.4 Å². The van der Waals surface area contributed by atoms with Crippen LogP contribution in [0.4, 0.5) is 0 Å². The van der Waals surface area contributed by atoms with Gasteiger partial charge in [0.05, 0.1) is 5.60 Å². The van der Waals surface area contributed by atoms with Crippen LogP contribution in [0.5, 0.6) is 0 Å². The maximum absolute atomic E-state index is 12.0. The molecule has 3 rings (SSSR count). The van der Waals surface area contributed by atoms with Crippen LogP contribution in [0.25, 0.3) is 0 Å². The Morgan fingerprint density at radius 1 is 1.23 bits per heavy atom. The lowest BCUT2D eigenvalue weighted by molar-refractivity contribution is -0.158. The van der Waals surface area contributed by atoms with E-state index in [4.69, 9.17) is 11.6 Å². The highest BCUT2D eigenvalue weighted by molar-refractivity contribution is 6.30. The van der Waals surface area contributed by atoms with Crippen molar-refractivity contribution in [1.82, 2.24) is 0 Å². The van der Waals surface area contributed by atoms with Gasteiger partial charge in [0, 0.05) is 5.02 Å². The molecule has 2 N–H and O–H groups in total. The third-order valence-electron chi connectivity index (χ3n) is 5.63. The molecule has 0 aromatic heterocycles. The summed E-state index contributed by atoms with van der Waals surface area (Å²) in [6.45, 7) is 0. The zero-order valence-corrected chi connectivity index (χ0v) is 13.4. The molecule has 2 fully saturated rings. The van der Waals surface area contributed by atoms with Gasteiger partial charge in [-0.05, 0) is 48.8 Å². The molecule has 0 unspecified atom stereocenters. The normalized spacial score (nSPS) is 33.0. The number of carboxylic acid groups (broad SMARTS) is 1. The molecule has 0 bridgehead atoms. The molecule has 4 atom stereocenters. The van der Waals surface area contributed by atoms with Crippen molar-refractivity contribution >= 4 is 17.6 Å². The molecule has 0 spiro atoms. The monoisotopic (exact) mass is 322 g/mol. The summed E-state index contributed by atoms with van der Waals surface area (Å²) < 4.78 is 0. The van der Waals surface area contributed by atoms with Gasteiger partial charge in [-0.1, -0.05) is 49.4 Å². The SMILES string of the molecule is O=C(O)[C@H](c1cccc(Cl)c1)[C@]1(O)CCC[C@H]2CCCC[C@@H]21. The number of fused-ring (bicyclic) bond motifs is 1. The molecular formula is C18H23ClO3. The molecule has 0 saturated heterocycles. The fourth-order valence-electron chi connectivity index (χ4n) is 4.73. The minimum atomic E-state index is -1.15. The van der Waals surface area contributed by atoms with Gasteiger partial charge in [-0.2, -0.15) is 0 Å². The van der Waals surface area contributed by atoms with E-state index < -0.39 is 17.5 Å². The van der Waals surface area contributed by atoms with Crippen LogP contribution in [0.3, 0.4) is 0 Å². The quantitative estimate of drug-likeness (QED) is 0.875. The number of rotatable bonds is 3. The van der Waals surface area contributed by atoms with Crippen LogP contribution in [-0.2, 0) is 4.79 Å². The summed E-state index contributed by atoms with van der Waals surface area (Å²) in [5, 5.41) is 21.8. The van der Waals surface area contributed by atoms with Gasteiger partial charge in [-0.25, -0.2) is 0 Å². The highest BCUT2D eigenvalue weighted by atomic mass is 35.5. The minimum absolute atomic E-state index is 0.0927. The lowest BCUT2D eigenvalue weighted by Gasteiger charge is -2.50. The Balaban J connectivity index is 2.00. The van der Waals surface area contributed by atoms with E-state index >= 15 is 0 Å². The summed E-state index contributed by atoms with van der Waals surface area (Å²) in [6, 6.07) is 6.95. The van der Waals surface area contributed by atoms with Crippen LogP contribution >= 0.6 is 11.6 Å². The molecule has 0 heterocycles. The standard InChI is InChI=1S/C18H23ClO3/c19-14-8-3-6-13(11-14)16(17(20)21)18(22)10-4-7-12-5-1-2-9-15(12)18/h3,6,8,11-12,15-16,22H,1-2,4-5,7,9-10H2,(H,20,21)/t12-,15+,16+,18+/m1/s1. The molecule has 1 aromatic rings. The maximum atomic E-state index is 12.0. The predicted molar refractivity (Wildman–Crippen MR) is 86.1 cm³/mol. The molecule has 0 radical (unpaired) electrons. The van der Waals surface area contributed by atoms with E-state index in [9.17, 15) is 15.0 Å². The second-order valence-electron chi connectivity index (χ2n) is 6.86. The van der Waals surface area contributed by atoms with Crippen LogP contribution in [0, 0.1) is 11.8 Å². The third kappa shape index (κ3) is 2.77. The lowest BCUT2D eigenvalue weighted by atomic mass is 9.58. The first-order valence-corrected chi connectivity index (χ1v) is 8.61. The summed E-state index contributed by atoms with van der Waals surface area (Å²) in [4.78, 5) is 12.0. The summed E-state index contributed by atoms with van der Waals surface area (Å²) in [6.07, 6.45) is 6.94. The van der Waals surface area contributed by atoms with Gasteiger partial charge in [0.15, 0.2) is 0 Å². The topological polar surface area (TPSA) is 57.5 Å². The predicted octanol–water partition coefficient (Wildman–Crippen LogP) is 4.23. The molecule has 2 aliphatic carbocycles. The van der Waals surface area contributed by atoms with Gasteiger partial charge in [0.25, 0.3) is 0 Å². The average Bonchev–Trinajstić information content (AvgIpc) is 2.47. The molecule has 2 saturated carbocycles. The molecule has 0 aliphatic heterocycles. The number of aliphatic carboxylic acids is 1. The van der Waals surface area contributed by atoms with E-state index in [1.54, 1.807) is 24.3 Å². The van der Waals surface area contributed by atoms with Crippen molar-refractivity contribution in [3.05, 3.63) is 34.9 Å². The van der Waals surface area contributed by atoms with E-state index in [0.29, 0.717) is 22.9 Å². The number of aliphatic hydroxyl groups is 1. The Kier molecular flexibility index (Phi) is 4.47. The van der Waals surface area contributed by atoms with Gasteiger partial charge in [-0.3, -0.25) is 4.79 Å². The first kappa shape index (κ1) is 15.8. The smallest absolute Gasteiger partial charge is 0.313 e. The van der Waals surface area contributed by atoms with Crippen molar-refractivity contribution in [2.75, 3.05) is 0 Å². The zero-order chi connectivity index (χ0) is 15.7. The van der Waals surface area contributed by atoms with E-state index in [1.807, 2.05) is 0 Å². The van der Waals surface area contributed by atoms with Crippen molar-refractivity contribution in [2.24, 2.45) is 11.8 Å². The Morgan fingerprint density at radius 2 is 1.95 bits per heavy atom. The Labute approximate surface area is 136 Å². The van der Waals surface area contributed by atoms with Crippen molar-refractivity contribution in [3.8, 4) is 0 Å². The first-order valence-electron chi connectivity index (χ1n) is 8.23. The second kappa shape index (κ2) is 6.21. The Hall–Kier alpha value is -1.06. The average molecular weight is 323 g/mol. The van der Waals surface area contributed by atoms with Crippen LogP contribution in [-0.4, -0.2) is 21.8 Å². The summed E-state index contributed by atoms with van der Waals surface area (Å²) in [5.41, 5.74) is -0.534. The van der Waals surface area contributed by atoms with E-state index in [0.717, 1.165) is 32.1 Å². The lowest BCUT2D eigenvalue weighted by Crippen LogP contribution is -2.52. The summed E-state index contributed by atoms with van der Waals surface area (Å²) >= 11 is 6.04. The number of benzene rings is 1. The third-order valence-corrected chi connectivity index (χ3v) is 5.87. The molecule has 2 aliphatic rings. The van der Waals surface area contributed by atoms with E-state index in [1.165, 1.54) is 6.42 Å². The summed E-state index contributed by atoms with van der Waals surface area (Å²) in [5.74, 6) is -1.28. The first-order chi connectivity index (χ1) is 10.5. The number of hydrogen-bond acceptors (Lipinski definition) is 2.